The number of thiophene rings is 1. The number of rotatable bonds is 7. The van der Waals surface area contributed by atoms with Gasteiger partial charge in [-0.3, -0.25) is 9.52 Å². The van der Waals surface area contributed by atoms with Crippen molar-refractivity contribution in [2.45, 2.75) is 26.2 Å². The van der Waals surface area contributed by atoms with Crippen molar-refractivity contribution in [1.82, 2.24) is 10.1 Å². The van der Waals surface area contributed by atoms with E-state index in [-0.39, 0.29) is 18.1 Å². The molecule has 22 heavy (non-hydrogen) atoms. The molecule has 0 aliphatic heterocycles. The van der Waals surface area contributed by atoms with E-state index in [0.29, 0.717) is 16.4 Å². The predicted molar refractivity (Wildman–Crippen MR) is 81.4 cm³/mol. The maximum atomic E-state index is 11.5. The summed E-state index contributed by atoms with van der Waals surface area (Å²) in [5.74, 6) is -0.821. The Bertz CT molecular complexity index is 765. The first kappa shape index (κ1) is 16.4. The highest BCUT2D eigenvalue weighted by Gasteiger charge is 2.19. The van der Waals surface area contributed by atoms with E-state index >= 15 is 0 Å². The summed E-state index contributed by atoms with van der Waals surface area (Å²) in [6.07, 6.45) is -0.104. The second-order valence-electron chi connectivity index (χ2n) is 4.66. The number of aromatic nitrogens is 2. The quantitative estimate of drug-likeness (QED) is 0.788. The fourth-order valence-corrected chi connectivity index (χ4v) is 3.34. The van der Waals surface area contributed by atoms with Gasteiger partial charge in [-0.05, 0) is 13.0 Å². The maximum Gasteiger partial charge on any atom is 0.304 e. The molecule has 0 aromatic carbocycles. The largest absolute Gasteiger partial charge is 0.481 e. The molecule has 0 radical (unpaired) electrons. The number of anilines is 1. The van der Waals surface area contributed by atoms with Crippen molar-refractivity contribution in [3.63, 3.8) is 0 Å². The number of nitrogens with one attached hydrogen (secondary N) is 1. The molecular weight excluding hydrogens is 330 g/mol. The Morgan fingerprint density at radius 1 is 1.55 bits per heavy atom. The van der Waals surface area contributed by atoms with Crippen molar-refractivity contribution < 1.29 is 22.8 Å². The third-order valence-corrected chi connectivity index (χ3v) is 5.10. The average Bonchev–Trinajstić information content (AvgIpc) is 3.05. The van der Waals surface area contributed by atoms with Crippen LogP contribution in [-0.2, 0) is 14.8 Å². The first-order valence-electron chi connectivity index (χ1n) is 6.45. The monoisotopic (exact) mass is 345 g/mol. The van der Waals surface area contributed by atoms with Crippen LogP contribution in [0, 0.1) is 0 Å². The van der Waals surface area contributed by atoms with Crippen LogP contribution in [0.2, 0.25) is 0 Å². The fourth-order valence-electron chi connectivity index (χ4n) is 1.63. The van der Waals surface area contributed by atoms with E-state index in [9.17, 15) is 13.2 Å². The van der Waals surface area contributed by atoms with E-state index in [1.54, 1.807) is 25.3 Å². The molecule has 0 amide bonds. The molecular formula is C12H15N3O5S2. The van der Waals surface area contributed by atoms with E-state index in [1.807, 2.05) is 0 Å². The minimum absolute atomic E-state index is 0.0146. The van der Waals surface area contributed by atoms with E-state index < -0.39 is 21.9 Å². The lowest BCUT2D eigenvalue weighted by Gasteiger charge is -2.01. The number of sulfonamides is 1. The van der Waals surface area contributed by atoms with E-state index in [0.717, 1.165) is 0 Å². The average molecular weight is 345 g/mol. The van der Waals surface area contributed by atoms with Crippen LogP contribution in [0.4, 0.5) is 5.00 Å². The Balaban J connectivity index is 2.15. The molecule has 8 nitrogen and oxygen atoms in total. The summed E-state index contributed by atoms with van der Waals surface area (Å²) in [5, 5.41) is 14.7. The van der Waals surface area contributed by atoms with Gasteiger partial charge in [0.1, 0.15) is 5.00 Å². The van der Waals surface area contributed by atoms with Gasteiger partial charge in [-0.1, -0.05) is 12.1 Å². The lowest BCUT2D eigenvalue weighted by atomic mass is 10.1. The molecule has 0 spiro atoms. The van der Waals surface area contributed by atoms with Crippen LogP contribution in [0.15, 0.2) is 16.0 Å². The molecule has 1 unspecified atom stereocenters. The summed E-state index contributed by atoms with van der Waals surface area (Å²) in [6.45, 7) is 3.23. The van der Waals surface area contributed by atoms with Gasteiger partial charge in [0.25, 0.3) is 0 Å². The van der Waals surface area contributed by atoms with Crippen LogP contribution in [0.25, 0.3) is 11.4 Å². The number of carboxylic acids is 1. The minimum Gasteiger partial charge on any atom is -0.481 e. The molecule has 2 aromatic heterocycles. The van der Waals surface area contributed by atoms with Gasteiger partial charge in [-0.25, -0.2) is 8.42 Å². The third kappa shape index (κ3) is 4.04. The lowest BCUT2D eigenvalue weighted by Crippen LogP contribution is -2.13. The lowest BCUT2D eigenvalue weighted by molar-refractivity contribution is -0.137. The smallest absolute Gasteiger partial charge is 0.304 e. The Labute approximate surface area is 131 Å². The van der Waals surface area contributed by atoms with E-state index in [4.69, 9.17) is 9.63 Å². The van der Waals surface area contributed by atoms with E-state index in [2.05, 4.69) is 14.9 Å². The Hall–Kier alpha value is -1.94. The van der Waals surface area contributed by atoms with Crippen LogP contribution in [0.5, 0.6) is 0 Å². The van der Waals surface area contributed by atoms with Gasteiger partial charge in [0.05, 0.1) is 12.2 Å². The molecule has 0 bridgehead atoms. The van der Waals surface area contributed by atoms with Crippen molar-refractivity contribution in [2.75, 3.05) is 10.5 Å². The maximum absolute atomic E-state index is 11.5. The SMILES string of the molecule is CCS(=O)(=O)Nc1cc(-c2noc(C(C)CC(=O)O)n2)cs1. The van der Waals surface area contributed by atoms with Gasteiger partial charge < -0.3 is 9.63 Å². The van der Waals surface area contributed by atoms with Crippen molar-refractivity contribution >= 4 is 32.3 Å². The predicted octanol–water partition coefficient (Wildman–Crippen LogP) is 2.14. The standard InChI is InChI=1S/C12H15N3O5S2/c1-3-22(18,19)15-9-5-8(6-21-9)11-13-12(20-14-11)7(2)4-10(16)17/h5-7,15H,3-4H2,1-2H3,(H,16,17). The van der Waals surface area contributed by atoms with Crippen LogP contribution in [0.3, 0.4) is 0 Å². The Morgan fingerprint density at radius 2 is 2.27 bits per heavy atom. The second kappa shape index (κ2) is 6.44. The van der Waals surface area contributed by atoms with Gasteiger partial charge in [0.15, 0.2) is 0 Å². The molecule has 0 fully saturated rings. The summed E-state index contributed by atoms with van der Waals surface area (Å²) >= 11 is 1.21. The van der Waals surface area contributed by atoms with Crippen LogP contribution in [0.1, 0.15) is 32.1 Å². The van der Waals surface area contributed by atoms with Crippen molar-refractivity contribution in [1.29, 1.82) is 0 Å². The number of nitrogens with zero attached hydrogens (tertiary/aromatic N) is 2. The molecule has 2 heterocycles. The third-order valence-electron chi connectivity index (χ3n) is 2.84. The molecule has 0 aliphatic rings. The summed E-state index contributed by atoms with van der Waals surface area (Å²) < 4.78 is 30.5. The number of hydrogen-bond donors (Lipinski definition) is 2. The zero-order chi connectivity index (χ0) is 16.3. The summed E-state index contributed by atoms with van der Waals surface area (Å²) in [7, 11) is -3.33. The second-order valence-corrected chi connectivity index (χ2v) is 7.58. The summed E-state index contributed by atoms with van der Waals surface area (Å²) in [5.41, 5.74) is 0.608. The van der Waals surface area contributed by atoms with Gasteiger partial charge in [0, 0.05) is 16.9 Å². The topological polar surface area (TPSA) is 122 Å². The molecule has 0 aliphatic carbocycles. The van der Waals surface area contributed by atoms with Gasteiger partial charge in [0.2, 0.25) is 21.7 Å². The number of aliphatic carboxylic acids is 1. The highest BCUT2D eigenvalue weighted by molar-refractivity contribution is 7.92. The molecule has 2 aromatic rings. The Kier molecular flexibility index (Phi) is 4.81. The summed E-state index contributed by atoms with van der Waals surface area (Å²) in [4.78, 5) is 14.8. The number of hydrogen-bond acceptors (Lipinski definition) is 7. The van der Waals surface area contributed by atoms with Gasteiger partial charge >= 0.3 is 5.97 Å². The first-order valence-corrected chi connectivity index (χ1v) is 8.98. The fraction of sp³-hybridized carbons (Fsp3) is 0.417. The number of carboxylic acid groups (broad SMARTS) is 1. The van der Waals surface area contributed by atoms with Crippen molar-refractivity contribution in [3.05, 3.63) is 17.3 Å². The van der Waals surface area contributed by atoms with Gasteiger partial charge in [-0.2, -0.15) is 4.98 Å². The van der Waals surface area contributed by atoms with Gasteiger partial charge in [-0.15, -0.1) is 11.3 Å². The summed E-state index contributed by atoms with van der Waals surface area (Å²) in [6, 6.07) is 1.61. The van der Waals surface area contributed by atoms with Crippen LogP contribution in [-0.4, -0.2) is 35.4 Å². The zero-order valence-electron chi connectivity index (χ0n) is 11.9. The first-order chi connectivity index (χ1) is 10.3. The highest BCUT2D eigenvalue weighted by Crippen LogP contribution is 2.29. The molecule has 2 N–H and O–H groups in total. The molecule has 2 rings (SSSR count). The van der Waals surface area contributed by atoms with Crippen molar-refractivity contribution in [3.8, 4) is 11.4 Å². The van der Waals surface area contributed by atoms with E-state index in [1.165, 1.54) is 11.3 Å². The normalized spacial score (nSPS) is 13.0. The van der Waals surface area contributed by atoms with Crippen LogP contribution >= 0.6 is 11.3 Å². The number of carbonyl (C=O) groups is 1. The van der Waals surface area contributed by atoms with Crippen molar-refractivity contribution in [2.24, 2.45) is 0 Å². The molecule has 1 atom stereocenters. The molecule has 0 saturated heterocycles. The molecule has 10 heteroatoms. The highest BCUT2D eigenvalue weighted by atomic mass is 32.2. The van der Waals surface area contributed by atoms with Crippen LogP contribution < -0.4 is 4.72 Å². The molecule has 120 valence electrons. The molecule has 0 saturated carbocycles. The zero-order valence-corrected chi connectivity index (χ0v) is 13.6. The Morgan fingerprint density at radius 3 is 2.91 bits per heavy atom. The minimum atomic E-state index is -3.33.